The summed E-state index contributed by atoms with van der Waals surface area (Å²) in [5, 5.41) is 12.8. The lowest BCUT2D eigenvalue weighted by atomic mass is 9.97. The molecule has 1 heterocycles. The Morgan fingerprint density at radius 1 is 1.28 bits per heavy atom. The molecule has 2 N–H and O–H groups in total. The van der Waals surface area contributed by atoms with Crippen molar-refractivity contribution < 1.29 is 14.6 Å². The molecule has 2 rings (SSSR count). The smallest absolute Gasteiger partial charge is 0.309 e. The molecule has 0 bridgehead atoms. The Hall–Kier alpha value is -2.08. The number of benzene rings is 1. The van der Waals surface area contributed by atoms with Gasteiger partial charge < -0.3 is 20.1 Å². The van der Waals surface area contributed by atoms with E-state index in [0.29, 0.717) is 13.2 Å². The van der Waals surface area contributed by atoms with Gasteiger partial charge in [-0.3, -0.25) is 4.79 Å². The third-order valence-electron chi connectivity index (χ3n) is 4.44. The van der Waals surface area contributed by atoms with Crippen LogP contribution in [0.25, 0.3) is 0 Å². The van der Waals surface area contributed by atoms with Crippen molar-refractivity contribution in [2.75, 3.05) is 26.2 Å². The fourth-order valence-corrected chi connectivity index (χ4v) is 3.04. The van der Waals surface area contributed by atoms with Gasteiger partial charge >= 0.3 is 5.97 Å². The number of carbonyl (C=O) groups excluding carboxylic acids is 1. The molecule has 0 aromatic heterocycles. The van der Waals surface area contributed by atoms with Crippen LogP contribution in [-0.2, 0) is 22.7 Å². The van der Waals surface area contributed by atoms with Crippen molar-refractivity contribution in [2.24, 2.45) is 10.9 Å². The molecule has 1 fully saturated rings. The molecule has 1 aliphatic rings. The lowest BCUT2D eigenvalue weighted by Gasteiger charge is -2.33. The number of likely N-dealkylation sites (tertiary alicyclic amines) is 1. The summed E-state index contributed by atoms with van der Waals surface area (Å²) in [5.41, 5.74) is 1.94. The highest BCUT2D eigenvalue weighted by atomic mass is 16.5. The molecule has 1 aliphatic heterocycles. The van der Waals surface area contributed by atoms with E-state index in [2.05, 4.69) is 10.2 Å². The lowest BCUT2D eigenvalue weighted by Crippen LogP contribution is -2.46. The van der Waals surface area contributed by atoms with Gasteiger partial charge in [-0.25, -0.2) is 4.99 Å². The highest BCUT2D eigenvalue weighted by molar-refractivity contribution is 5.80. The number of aliphatic imine (C=N–C) groups is 1. The van der Waals surface area contributed by atoms with Crippen molar-refractivity contribution in [3.05, 3.63) is 35.4 Å². The van der Waals surface area contributed by atoms with E-state index in [-0.39, 0.29) is 18.5 Å². The molecule has 1 saturated heterocycles. The van der Waals surface area contributed by atoms with Gasteiger partial charge in [0, 0.05) is 19.6 Å². The largest absolute Gasteiger partial charge is 0.466 e. The van der Waals surface area contributed by atoms with Crippen LogP contribution in [0.1, 0.15) is 37.8 Å². The maximum absolute atomic E-state index is 11.9. The predicted octanol–water partition coefficient (Wildman–Crippen LogP) is 1.92. The molecule has 0 radical (unpaired) electrons. The Bertz CT molecular complexity index is 581. The van der Waals surface area contributed by atoms with Crippen LogP contribution in [0.4, 0.5) is 0 Å². The summed E-state index contributed by atoms with van der Waals surface area (Å²) in [6, 6.07) is 7.79. The number of nitrogens with one attached hydrogen (secondary N) is 1. The van der Waals surface area contributed by atoms with Crippen molar-refractivity contribution in [1.82, 2.24) is 10.2 Å². The van der Waals surface area contributed by atoms with E-state index in [1.165, 1.54) is 0 Å². The Labute approximate surface area is 149 Å². The molecule has 0 atom stereocenters. The van der Waals surface area contributed by atoms with Gasteiger partial charge in [-0.15, -0.1) is 0 Å². The SMILES string of the molecule is CCNC(=NCc1ccccc1CO)N1CCC(C(=O)OCC)CC1. The van der Waals surface area contributed by atoms with E-state index in [9.17, 15) is 9.90 Å². The van der Waals surface area contributed by atoms with Crippen LogP contribution in [0, 0.1) is 5.92 Å². The van der Waals surface area contributed by atoms with Crippen LogP contribution in [0.5, 0.6) is 0 Å². The Morgan fingerprint density at radius 3 is 2.56 bits per heavy atom. The number of hydrogen-bond acceptors (Lipinski definition) is 4. The average molecular weight is 347 g/mol. The highest BCUT2D eigenvalue weighted by Crippen LogP contribution is 2.19. The number of guanidine groups is 1. The molecule has 25 heavy (non-hydrogen) atoms. The predicted molar refractivity (Wildman–Crippen MR) is 98.1 cm³/mol. The topological polar surface area (TPSA) is 74.2 Å². The molecule has 0 saturated carbocycles. The summed E-state index contributed by atoms with van der Waals surface area (Å²) < 4.78 is 5.13. The van der Waals surface area contributed by atoms with Crippen LogP contribution < -0.4 is 5.32 Å². The maximum atomic E-state index is 11.9. The van der Waals surface area contributed by atoms with E-state index in [0.717, 1.165) is 49.6 Å². The molecular formula is C19H29N3O3. The van der Waals surface area contributed by atoms with Gasteiger partial charge in [0.1, 0.15) is 0 Å². The maximum Gasteiger partial charge on any atom is 0.309 e. The van der Waals surface area contributed by atoms with Crippen LogP contribution in [-0.4, -0.2) is 48.2 Å². The van der Waals surface area contributed by atoms with Crippen molar-refractivity contribution >= 4 is 11.9 Å². The molecule has 0 amide bonds. The first-order chi connectivity index (χ1) is 12.2. The van der Waals surface area contributed by atoms with Crippen molar-refractivity contribution in [3.8, 4) is 0 Å². The van der Waals surface area contributed by atoms with Crippen molar-refractivity contribution in [3.63, 3.8) is 0 Å². The normalized spacial score (nSPS) is 16.0. The summed E-state index contributed by atoms with van der Waals surface area (Å²) in [5.74, 6) is 0.771. The molecule has 0 unspecified atom stereocenters. The van der Waals surface area contributed by atoms with Crippen LogP contribution >= 0.6 is 0 Å². The van der Waals surface area contributed by atoms with Crippen molar-refractivity contribution in [1.29, 1.82) is 0 Å². The van der Waals surface area contributed by atoms with Gasteiger partial charge in [-0.2, -0.15) is 0 Å². The first kappa shape index (κ1) is 19.2. The summed E-state index contributed by atoms with van der Waals surface area (Å²) in [6.45, 7) is 7.24. The Balaban J connectivity index is 2.00. The van der Waals surface area contributed by atoms with Gasteiger partial charge in [0.25, 0.3) is 0 Å². The molecule has 1 aromatic carbocycles. The number of aliphatic hydroxyl groups excluding tert-OH is 1. The zero-order valence-electron chi connectivity index (χ0n) is 15.2. The van der Waals surface area contributed by atoms with Gasteiger partial charge in [-0.05, 0) is 37.8 Å². The van der Waals surface area contributed by atoms with Gasteiger partial charge in [0.2, 0.25) is 0 Å². The van der Waals surface area contributed by atoms with Gasteiger partial charge in [0.15, 0.2) is 5.96 Å². The lowest BCUT2D eigenvalue weighted by molar-refractivity contribution is -0.149. The first-order valence-electron chi connectivity index (χ1n) is 9.07. The number of aliphatic hydroxyl groups is 1. The number of rotatable bonds is 6. The Kier molecular flexibility index (Phi) is 7.73. The van der Waals surface area contributed by atoms with E-state index < -0.39 is 0 Å². The van der Waals surface area contributed by atoms with E-state index in [1.54, 1.807) is 0 Å². The molecule has 138 valence electrons. The standard InChI is InChI=1S/C19H29N3O3/c1-3-20-19(21-13-16-7-5-6-8-17(16)14-23)22-11-9-15(10-12-22)18(24)25-4-2/h5-8,15,23H,3-4,9-14H2,1-2H3,(H,20,21). The zero-order chi connectivity index (χ0) is 18.1. The molecular weight excluding hydrogens is 318 g/mol. The number of nitrogens with zero attached hydrogens (tertiary/aromatic N) is 2. The third-order valence-corrected chi connectivity index (χ3v) is 4.44. The molecule has 1 aromatic rings. The highest BCUT2D eigenvalue weighted by Gasteiger charge is 2.27. The quantitative estimate of drug-likeness (QED) is 0.467. The summed E-state index contributed by atoms with van der Waals surface area (Å²) in [7, 11) is 0. The van der Waals surface area contributed by atoms with E-state index in [4.69, 9.17) is 9.73 Å². The summed E-state index contributed by atoms with van der Waals surface area (Å²) in [6.07, 6.45) is 1.58. The molecule has 0 spiro atoms. The van der Waals surface area contributed by atoms with Crippen molar-refractivity contribution in [2.45, 2.75) is 39.8 Å². The second-order valence-corrected chi connectivity index (χ2v) is 6.11. The van der Waals surface area contributed by atoms with E-state index in [1.807, 2.05) is 38.1 Å². The number of esters is 1. The summed E-state index contributed by atoms with van der Waals surface area (Å²) >= 11 is 0. The summed E-state index contributed by atoms with van der Waals surface area (Å²) in [4.78, 5) is 18.8. The number of carbonyl (C=O) groups is 1. The third kappa shape index (κ3) is 5.46. The van der Waals surface area contributed by atoms with Gasteiger partial charge in [0.05, 0.1) is 25.7 Å². The van der Waals surface area contributed by atoms with E-state index >= 15 is 0 Å². The minimum Gasteiger partial charge on any atom is -0.466 e. The molecule has 6 nitrogen and oxygen atoms in total. The van der Waals surface area contributed by atoms with Crippen LogP contribution in [0.15, 0.2) is 29.3 Å². The number of ether oxygens (including phenoxy) is 1. The fourth-order valence-electron chi connectivity index (χ4n) is 3.04. The van der Waals surface area contributed by atoms with Gasteiger partial charge in [-0.1, -0.05) is 24.3 Å². The average Bonchev–Trinajstić information content (AvgIpc) is 2.65. The van der Waals surface area contributed by atoms with Crippen LogP contribution in [0.3, 0.4) is 0 Å². The number of piperidine rings is 1. The molecule has 6 heteroatoms. The zero-order valence-corrected chi connectivity index (χ0v) is 15.2. The molecule has 0 aliphatic carbocycles. The Morgan fingerprint density at radius 2 is 1.96 bits per heavy atom. The van der Waals surface area contributed by atoms with Crippen LogP contribution in [0.2, 0.25) is 0 Å². The first-order valence-corrected chi connectivity index (χ1v) is 9.07. The second kappa shape index (κ2) is 10.0. The fraction of sp³-hybridized carbons (Fsp3) is 0.579. The monoisotopic (exact) mass is 347 g/mol. The number of hydrogen-bond donors (Lipinski definition) is 2. The minimum atomic E-state index is -0.0824. The second-order valence-electron chi connectivity index (χ2n) is 6.11. The minimum absolute atomic E-state index is 0.00538.